The lowest BCUT2D eigenvalue weighted by molar-refractivity contribution is -0.137. The van der Waals surface area contributed by atoms with Crippen LogP contribution in [0.2, 0.25) is 10.0 Å². The maximum atomic E-state index is 13.3. The second-order valence-corrected chi connectivity index (χ2v) is 7.49. The van der Waals surface area contributed by atoms with Crippen LogP contribution in [0.5, 0.6) is 0 Å². The lowest BCUT2D eigenvalue weighted by Gasteiger charge is -2.12. The van der Waals surface area contributed by atoms with E-state index in [4.69, 9.17) is 23.2 Å². The van der Waals surface area contributed by atoms with Gasteiger partial charge < -0.3 is 5.32 Å². The lowest BCUT2D eigenvalue weighted by Crippen LogP contribution is -2.17. The Hall–Kier alpha value is -3.36. The van der Waals surface area contributed by atoms with Crippen molar-refractivity contribution in [3.05, 3.63) is 94.5 Å². The van der Waals surface area contributed by atoms with Crippen molar-refractivity contribution in [2.24, 2.45) is 0 Å². The molecule has 0 spiro atoms. The Morgan fingerprint density at radius 1 is 1.00 bits per heavy atom. The number of hydrogen-bond acceptors (Lipinski definition) is 3. The zero-order valence-corrected chi connectivity index (χ0v) is 17.6. The molecule has 10 heteroatoms. The van der Waals surface area contributed by atoms with E-state index in [2.05, 4.69) is 15.3 Å². The van der Waals surface area contributed by atoms with Crippen LogP contribution < -0.4 is 5.32 Å². The van der Waals surface area contributed by atoms with Crippen molar-refractivity contribution >= 4 is 34.8 Å². The number of benzene rings is 2. The third kappa shape index (κ3) is 4.46. The average molecular weight is 477 g/mol. The summed E-state index contributed by atoms with van der Waals surface area (Å²) in [4.78, 5) is 20.9. The standard InChI is InChI=1S/C22H13Cl2F3N4O/c23-13-5-7-14(8-6-13)31-12-19(29-20(31)15-3-1-2-4-17(15)24)21(32)30-18-11-28-10-9-16(18)22(25,26)27/h1-12H,(H,30,32). The molecule has 2 heterocycles. The fraction of sp³-hybridized carbons (Fsp3) is 0.0455. The van der Waals surface area contributed by atoms with Gasteiger partial charge >= 0.3 is 6.18 Å². The van der Waals surface area contributed by atoms with Crippen LogP contribution in [0.3, 0.4) is 0 Å². The van der Waals surface area contributed by atoms with Crippen molar-refractivity contribution in [2.45, 2.75) is 6.18 Å². The van der Waals surface area contributed by atoms with Gasteiger partial charge in [0, 0.05) is 28.7 Å². The number of nitrogens with one attached hydrogen (secondary N) is 1. The predicted molar refractivity (Wildman–Crippen MR) is 116 cm³/mol. The van der Waals surface area contributed by atoms with Gasteiger partial charge in [-0.3, -0.25) is 14.3 Å². The fourth-order valence-electron chi connectivity index (χ4n) is 3.05. The van der Waals surface area contributed by atoms with E-state index >= 15 is 0 Å². The molecule has 5 nitrogen and oxygen atoms in total. The molecule has 32 heavy (non-hydrogen) atoms. The Balaban J connectivity index is 1.78. The van der Waals surface area contributed by atoms with Gasteiger partial charge in [-0.1, -0.05) is 35.3 Å². The van der Waals surface area contributed by atoms with Gasteiger partial charge in [-0.05, 0) is 42.5 Å². The zero-order valence-electron chi connectivity index (χ0n) is 16.1. The maximum Gasteiger partial charge on any atom is 0.418 e. The van der Waals surface area contributed by atoms with Gasteiger partial charge in [0.1, 0.15) is 11.5 Å². The summed E-state index contributed by atoms with van der Waals surface area (Å²) in [6.45, 7) is 0. The van der Waals surface area contributed by atoms with Crippen molar-refractivity contribution in [3.63, 3.8) is 0 Å². The number of carbonyl (C=O) groups excluding carboxylic acids is 1. The zero-order chi connectivity index (χ0) is 22.9. The van der Waals surface area contributed by atoms with E-state index in [1.165, 1.54) is 6.20 Å². The summed E-state index contributed by atoms with van der Waals surface area (Å²) in [6, 6.07) is 14.4. The van der Waals surface area contributed by atoms with Gasteiger partial charge in [0.25, 0.3) is 5.91 Å². The molecule has 0 aliphatic carbocycles. The number of anilines is 1. The molecule has 0 unspecified atom stereocenters. The van der Waals surface area contributed by atoms with E-state index in [1.807, 2.05) is 0 Å². The Labute approximate surface area is 190 Å². The smallest absolute Gasteiger partial charge is 0.319 e. The molecule has 2 aromatic carbocycles. The van der Waals surface area contributed by atoms with E-state index in [0.29, 0.717) is 27.1 Å². The highest BCUT2D eigenvalue weighted by Gasteiger charge is 2.34. The Kier molecular flexibility index (Phi) is 5.90. The molecule has 0 atom stereocenters. The number of imidazole rings is 1. The molecule has 0 radical (unpaired) electrons. The number of alkyl halides is 3. The van der Waals surface area contributed by atoms with Gasteiger partial charge in [0.15, 0.2) is 0 Å². The number of amides is 1. The minimum Gasteiger partial charge on any atom is -0.319 e. The third-order valence-electron chi connectivity index (χ3n) is 4.53. The number of rotatable bonds is 4. The van der Waals surface area contributed by atoms with E-state index in [0.717, 1.165) is 18.5 Å². The van der Waals surface area contributed by atoms with Crippen LogP contribution in [0.15, 0.2) is 73.2 Å². The summed E-state index contributed by atoms with van der Waals surface area (Å²) < 4.78 is 41.4. The molecule has 0 aliphatic rings. The molecule has 2 aromatic heterocycles. The Morgan fingerprint density at radius 2 is 1.72 bits per heavy atom. The average Bonchev–Trinajstić information content (AvgIpc) is 3.19. The maximum absolute atomic E-state index is 13.3. The van der Waals surface area contributed by atoms with Gasteiger partial charge in [-0.2, -0.15) is 13.2 Å². The number of pyridine rings is 1. The van der Waals surface area contributed by atoms with E-state index in [-0.39, 0.29) is 5.69 Å². The van der Waals surface area contributed by atoms with Crippen molar-refractivity contribution in [2.75, 3.05) is 5.32 Å². The Morgan fingerprint density at radius 3 is 2.41 bits per heavy atom. The van der Waals surface area contributed by atoms with Gasteiger partial charge in [-0.25, -0.2) is 4.98 Å². The van der Waals surface area contributed by atoms with Crippen LogP contribution in [0, 0.1) is 0 Å². The number of aromatic nitrogens is 3. The third-order valence-corrected chi connectivity index (χ3v) is 5.11. The number of halogens is 5. The summed E-state index contributed by atoms with van der Waals surface area (Å²) in [7, 11) is 0. The van der Waals surface area contributed by atoms with Crippen LogP contribution in [0.25, 0.3) is 17.1 Å². The second kappa shape index (κ2) is 8.64. The molecular weight excluding hydrogens is 464 g/mol. The highest BCUT2D eigenvalue weighted by atomic mass is 35.5. The molecule has 0 saturated heterocycles. The van der Waals surface area contributed by atoms with Crippen LogP contribution in [-0.4, -0.2) is 20.4 Å². The molecule has 1 amide bonds. The minimum absolute atomic E-state index is 0.105. The van der Waals surface area contributed by atoms with Gasteiger partial charge in [-0.15, -0.1) is 0 Å². The first kappa shape index (κ1) is 21.9. The monoisotopic (exact) mass is 476 g/mol. The van der Waals surface area contributed by atoms with Crippen molar-refractivity contribution in [1.29, 1.82) is 0 Å². The van der Waals surface area contributed by atoms with E-state index < -0.39 is 23.3 Å². The summed E-state index contributed by atoms with van der Waals surface area (Å²) >= 11 is 12.3. The largest absolute Gasteiger partial charge is 0.418 e. The number of carbonyl (C=O) groups is 1. The highest BCUT2D eigenvalue weighted by Crippen LogP contribution is 2.34. The molecule has 1 N–H and O–H groups in total. The quantitative estimate of drug-likeness (QED) is 0.365. The van der Waals surface area contributed by atoms with Gasteiger partial charge in [0.05, 0.1) is 22.5 Å². The normalized spacial score (nSPS) is 11.4. The predicted octanol–water partition coefficient (Wildman–Crippen LogP) is 6.51. The molecule has 0 bridgehead atoms. The van der Waals surface area contributed by atoms with Crippen molar-refractivity contribution in [3.8, 4) is 17.1 Å². The first-order chi connectivity index (χ1) is 15.2. The molecule has 0 saturated carbocycles. The summed E-state index contributed by atoms with van der Waals surface area (Å²) in [5, 5.41) is 3.16. The molecule has 162 valence electrons. The first-order valence-corrected chi connectivity index (χ1v) is 9.92. The topological polar surface area (TPSA) is 59.8 Å². The minimum atomic E-state index is -4.66. The summed E-state index contributed by atoms with van der Waals surface area (Å²) in [5.74, 6) is -0.491. The van der Waals surface area contributed by atoms with E-state index in [9.17, 15) is 18.0 Å². The number of hydrogen-bond donors (Lipinski definition) is 1. The summed E-state index contributed by atoms with van der Waals surface area (Å²) in [6.07, 6.45) is -1.30. The number of nitrogens with zero attached hydrogens (tertiary/aromatic N) is 3. The van der Waals surface area contributed by atoms with Crippen molar-refractivity contribution < 1.29 is 18.0 Å². The van der Waals surface area contributed by atoms with Crippen LogP contribution in [-0.2, 0) is 6.18 Å². The molecule has 0 fully saturated rings. The summed E-state index contributed by atoms with van der Waals surface area (Å²) in [5.41, 5.74) is -0.407. The first-order valence-electron chi connectivity index (χ1n) is 9.17. The molecule has 4 rings (SSSR count). The SMILES string of the molecule is O=C(Nc1cnccc1C(F)(F)F)c1cn(-c2ccc(Cl)cc2)c(-c2ccccc2Cl)n1. The highest BCUT2D eigenvalue weighted by molar-refractivity contribution is 6.33. The lowest BCUT2D eigenvalue weighted by atomic mass is 10.2. The molecule has 0 aliphatic heterocycles. The van der Waals surface area contributed by atoms with E-state index in [1.54, 1.807) is 53.1 Å². The van der Waals surface area contributed by atoms with Crippen LogP contribution >= 0.6 is 23.2 Å². The molecule has 4 aromatic rings. The second-order valence-electron chi connectivity index (χ2n) is 6.65. The molecular formula is C22H13Cl2F3N4O. The van der Waals surface area contributed by atoms with Crippen molar-refractivity contribution in [1.82, 2.24) is 14.5 Å². The van der Waals surface area contributed by atoms with Gasteiger partial charge in [0.2, 0.25) is 0 Å². The van der Waals surface area contributed by atoms with Crippen LogP contribution in [0.1, 0.15) is 16.1 Å². The van der Waals surface area contributed by atoms with Crippen LogP contribution in [0.4, 0.5) is 18.9 Å². The Bertz CT molecular complexity index is 1290. The fourth-order valence-corrected chi connectivity index (χ4v) is 3.39.